The Morgan fingerprint density at radius 2 is 1.67 bits per heavy atom. The number of likely N-dealkylation sites (tertiary alicyclic amines) is 1. The number of piperidine rings is 1. The van der Waals surface area contributed by atoms with Crippen LogP contribution >= 0.6 is 0 Å². The first-order valence-electron chi connectivity index (χ1n) is 16.6. The molecule has 2 aliphatic heterocycles. The number of aromatic amines is 1. The lowest BCUT2D eigenvalue weighted by atomic mass is 10.0. The van der Waals surface area contributed by atoms with Gasteiger partial charge in [0.25, 0.3) is 5.91 Å². The van der Waals surface area contributed by atoms with Gasteiger partial charge in [0.1, 0.15) is 11.3 Å². The smallest absolute Gasteiger partial charge is 0.253 e. The van der Waals surface area contributed by atoms with Crippen LogP contribution in [0.2, 0.25) is 0 Å². The summed E-state index contributed by atoms with van der Waals surface area (Å²) in [6.45, 7) is 13.0. The predicted molar refractivity (Wildman–Crippen MR) is 187 cm³/mol. The van der Waals surface area contributed by atoms with Crippen molar-refractivity contribution in [3.8, 4) is 5.75 Å². The van der Waals surface area contributed by atoms with E-state index in [0.717, 1.165) is 52.1 Å². The molecule has 256 valence electrons. The van der Waals surface area contributed by atoms with Crippen molar-refractivity contribution >= 4 is 50.0 Å². The third-order valence-corrected chi connectivity index (χ3v) is 11.2. The Balaban J connectivity index is 1.22. The molecular weight excluding hydrogens is 630 g/mol. The molecule has 2 aromatic carbocycles. The fraction of sp³-hybridized carbons (Fsp3) is 0.471. The number of ether oxygens (including phenoxy) is 1. The molecule has 4 heterocycles. The number of hydrogen-bond donors (Lipinski definition) is 3. The van der Waals surface area contributed by atoms with Crippen molar-refractivity contribution in [3.63, 3.8) is 0 Å². The number of piperazine rings is 1. The van der Waals surface area contributed by atoms with E-state index >= 15 is 0 Å². The van der Waals surface area contributed by atoms with Gasteiger partial charge < -0.3 is 30.2 Å². The minimum absolute atomic E-state index is 0.0114. The lowest BCUT2D eigenvalue weighted by Gasteiger charge is -2.42. The lowest BCUT2D eigenvalue weighted by Crippen LogP contribution is -2.52. The Morgan fingerprint density at radius 3 is 2.38 bits per heavy atom. The van der Waals surface area contributed by atoms with E-state index in [1.54, 1.807) is 56.3 Å². The number of likely N-dealkylation sites (N-methyl/N-ethyl adjacent to an activating group) is 1. The molecule has 3 N–H and O–H groups in total. The molecule has 48 heavy (non-hydrogen) atoms. The highest BCUT2D eigenvalue weighted by Gasteiger charge is 2.29. The van der Waals surface area contributed by atoms with Gasteiger partial charge in [0, 0.05) is 50.9 Å². The van der Waals surface area contributed by atoms with Crippen LogP contribution in [0, 0.1) is 0 Å². The summed E-state index contributed by atoms with van der Waals surface area (Å²) in [7, 11) is -1.40. The second-order valence-electron chi connectivity index (χ2n) is 13.1. The maximum absolute atomic E-state index is 13.7. The summed E-state index contributed by atoms with van der Waals surface area (Å²) in [5.74, 6) is 1.06. The molecule has 6 rings (SSSR count). The summed E-state index contributed by atoms with van der Waals surface area (Å²) in [4.78, 5) is 37.4. The van der Waals surface area contributed by atoms with Crippen LogP contribution in [-0.2, 0) is 9.84 Å². The van der Waals surface area contributed by atoms with Crippen LogP contribution in [0.1, 0.15) is 50.9 Å². The maximum atomic E-state index is 13.7. The number of carbonyl (C=O) groups excluding carboxylic acids is 1. The van der Waals surface area contributed by atoms with Crippen molar-refractivity contribution in [2.45, 2.75) is 62.8 Å². The SMILES string of the molecule is CC(C)Oc1cc(C(=O)N2CCC(N3CCN(C)CC3)CC2)ccc1Nc1nc(Nc2ccccc2S(=O)(=O)C(C)C)c2[nH]cnc2n1. The molecule has 1 amide bonds. The number of benzene rings is 2. The van der Waals surface area contributed by atoms with E-state index in [-0.39, 0.29) is 22.9 Å². The number of nitrogens with zero attached hydrogens (tertiary/aromatic N) is 6. The quantitative estimate of drug-likeness (QED) is 0.216. The van der Waals surface area contributed by atoms with Gasteiger partial charge in [-0.3, -0.25) is 9.69 Å². The largest absolute Gasteiger partial charge is 0.489 e. The highest BCUT2D eigenvalue weighted by Crippen LogP contribution is 2.33. The summed E-state index contributed by atoms with van der Waals surface area (Å²) < 4.78 is 32.4. The van der Waals surface area contributed by atoms with E-state index < -0.39 is 15.1 Å². The van der Waals surface area contributed by atoms with Gasteiger partial charge in [0.05, 0.1) is 34.0 Å². The number of sulfone groups is 1. The standard InChI is InChI=1S/C34H45N9O4S/c1-22(2)47-28-20-24(33(44)43-14-12-25(13-15-43)42-18-16-41(5)17-19-42)10-11-26(28)38-34-39-31-30(35-21-36-31)32(40-34)37-27-8-6-7-9-29(27)48(45,46)23(3)4/h6-11,20-23,25H,12-19H2,1-5H3,(H3,35,36,37,38,39,40). The van der Waals surface area contributed by atoms with Gasteiger partial charge in [0.15, 0.2) is 21.3 Å². The molecule has 0 radical (unpaired) electrons. The third-order valence-electron chi connectivity index (χ3n) is 9.00. The van der Waals surface area contributed by atoms with Crippen molar-refractivity contribution in [1.29, 1.82) is 0 Å². The molecule has 13 nitrogen and oxygen atoms in total. The van der Waals surface area contributed by atoms with E-state index in [9.17, 15) is 13.2 Å². The van der Waals surface area contributed by atoms with Crippen LogP contribution in [-0.4, -0.2) is 113 Å². The summed E-state index contributed by atoms with van der Waals surface area (Å²) in [5, 5.41) is 5.84. The Labute approximate surface area is 282 Å². The molecule has 0 bridgehead atoms. The van der Waals surface area contributed by atoms with Crippen LogP contribution in [0.3, 0.4) is 0 Å². The molecule has 2 saturated heterocycles. The van der Waals surface area contributed by atoms with Crippen LogP contribution < -0.4 is 15.4 Å². The van der Waals surface area contributed by atoms with Gasteiger partial charge >= 0.3 is 0 Å². The van der Waals surface area contributed by atoms with E-state index in [4.69, 9.17) is 9.72 Å². The monoisotopic (exact) mass is 675 g/mol. The summed E-state index contributed by atoms with van der Waals surface area (Å²) in [6.07, 6.45) is 3.30. The van der Waals surface area contributed by atoms with Gasteiger partial charge in [-0.05, 0) is 77.9 Å². The highest BCUT2D eigenvalue weighted by molar-refractivity contribution is 7.92. The fourth-order valence-corrected chi connectivity index (χ4v) is 7.42. The Hall–Kier alpha value is -4.27. The summed E-state index contributed by atoms with van der Waals surface area (Å²) in [5.41, 5.74) is 2.44. The van der Waals surface area contributed by atoms with Crippen LogP contribution in [0.25, 0.3) is 11.2 Å². The first-order chi connectivity index (χ1) is 23.0. The molecule has 0 saturated carbocycles. The average Bonchev–Trinajstić information content (AvgIpc) is 3.55. The summed E-state index contributed by atoms with van der Waals surface area (Å²) in [6, 6.07) is 12.6. The molecule has 4 aromatic rings. The van der Waals surface area contributed by atoms with Crippen LogP contribution in [0.15, 0.2) is 53.7 Å². The summed E-state index contributed by atoms with van der Waals surface area (Å²) >= 11 is 0. The van der Waals surface area contributed by atoms with Gasteiger partial charge in [-0.15, -0.1) is 0 Å². The van der Waals surface area contributed by atoms with Gasteiger partial charge in [0.2, 0.25) is 5.95 Å². The molecule has 14 heteroatoms. The number of imidazole rings is 1. The van der Waals surface area contributed by atoms with Gasteiger partial charge in [-0.2, -0.15) is 9.97 Å². The average molecular weight is 676 g/mol. The number of anilines is 4. The van der Waals surface area contributed by atoms with E-state index in [1.807, 2.05) is 18.7 Å². The zero-order chi connectivity index (χ0) is 34.0. The number of H-pyrrole nitrogens is 1. The van der Waals surface area contributed by atoms with Crippen molar-refractivity contribution in [3.05, 3.63) is 54.4 Å². The second kappa shape index (κ2) is 14.1. The zero-order valence-corrected chi connectivity index (χ0v) is 29.0. The topological polar surface area (TPSA) is 149 Å². The van der Waals surface area contributed by atoms with Crippen molar-refractivity contribution in [2.75, 3.05) is 56.9 Å². The maximum Gasteiger partial charge on any atom is 0.253 e. The molecule has 2 fully saturated rings. The number of rotatable bonds is 10. The minimum atomic E-state index is -3.57. The first kappa shape index (κ1) is 33.6. The normalized spacial score (nSPS) is 16.9. The molecule has 0 aliphatic carbocycles. The van der Waals surface area contributed by atoms with Crippen molar-refractivity contribution in [1.82, 2.24) is 34.6 Å². The molecule has 0 unspecified atom stereocenters. The number of fused-ring (bicyclic) bond motifs is 1. The van der Waals surface area contributed by atoms with Gasteiger partial charge in [-0.25, -0.2) is 13.4 Å². The van der Waals surface area contributed by atoms with Crippen molar-refractivity contribution < 1.29 is 17.9 Å². The molecular formula is C34H45N9O4S. The van der Waals surface area contributed by atoms with E-state index in [0.29, 0.717) is 45.7 Å². The molecule has 2 aliphatic rings. The van der Waals surface area contributed by atoms with Crippen LogP contribution in [0.5, 0.6) is 5.75 Å². The minimum Gasteiger partial charge on any atom is -0.489 e. The number of amides is 1. The van der Waals surface area contributed by atoms with E-state index in [2.05, 4.69) is 42.4 Å². The van der Waals surface area contributed by atoms with Crippen molar-refractivity contribution in [2.24, 2.45) is 0 Å². The Bertz CT molecular complexity index is 1860. The number of hydrogen-bond acceptors (Lipinski definition) is 11. The number of para-hydroxylation sites is 1. The third kappa shape index (κ3) is 7.25. The first-order valence-corrected chi connectivity index (χ1v) is 18.1. The zero-order valence-electron chi connectivity index (χ0n) is 28.2. The number of carbonyl (C=O) groups is 1. The number of nitrogens with one attached hydrogen (secondary N) is 3. The Morgan fingerprint density at radius 1 is 0.938 bits per heavy atom. The Kier molecular flexibility index (Phi) is 9.85. The van der Waals surface area contributed by atoms with E-state index in [1.165, 1.54) is 6.33 Å². The molecule has 0 spiro atoms. The number of aromatic nitrogens is 4. The fourth-order valence-electron chi connectivity index (χ4n) is 6.21. The van der Waals surface area contributed by atoms with Gasteiger partial charge in [-0.1, -0.05) is 12.1 Å². The highest BCUT2D eigenvalue weighted by atomic mass is 32.2. The van der Waals surface area contributed by atoms with Crippen LogP contribution in [0.4, 0.5) is 23.1 Å². The molecule has 2 aromatic heterocycles. The second-order valence-corrected chi connectivity index (χ2v) is 15.5. The molecule has 0 atom stereocenters. The predicted octanol–water partition coefficient (Wildman–Crippen LogP) is 4.66. The lowest BCUT2D eigenvalue weighted by molar-refractivity contribution is 0.0518.